The molecule has 0 aliphatic rings. The van der Waals surface area contributed by atoms with Crippen molar-refractivity contribution in [2.75, 3.05) is 12.3 Å². The molecule has 7 heteroatoms. The topological polar surface area (TPSA) is 76.0 Å². The zero-order valence-electron chi connectivity index (χ0n) is 14.7. The number of aromatic nitrogens is 2. The van der Waals surface area contributed by atoms with E-state index in [1.165, 1.54) is 11.8 Å². The first-order chi connectivity index (χ1) is 12.6. The van der Waals surface area contributed by atoms with Gasteiger partial charge in [-0.15, -0.1) is 0 Å². The van der Waals surface area contributed by atoms with Crippen LogP contribution >= 0.6 is 11.8 Å². The minimum absolute atomic E-state index is 0.103. The number of fused-ring (bicyclic) bond motifs is 1. The van der Waals surface area contributed by atoms with E-state index < -0.39 is 6.03 Å². The van der Waals surface area contributed by atoms with Crippen LogP contribution in [0, 0.1) is 6.92 Å². The summed E-state index contributed by atoms with van der Waals surface area (Å²) in [5, 5.41) is 5.56. The Morgan fingerprint density at radius 3 is 2.73 bits per heavy atom. The molecule has 0 radical (unpaired) electrons. The molecule has 0 aliphatic carbocycles. The normalized spacial score (nSPS) is 10.7. The maximum Gasteiger partial charge on any atom is 0.321 e. The van der Waals surface area contributed by atoms with Gasteiger partial charge in [0.2, 0.25) is 5.91 Å². The summed E-state index contributed by atoms with van der Waals surface area (Å²) >= 11 is 1.30. The van der Waals surface area contributed by atoms with Crippen molar-refractivity contribution in [3.05, 3.63) is 54.1 Å². The lowest BCUT2D eigenvalue weighted by atomic mass is 10.2. The number of hydrogen-bond donors (Lipinski definition) is 2. The van der Waals surface area contributed by atoms with Crippen molar-refractivity contribution in [2.45, 2.75) is 19.0 Å². The number of nitrogens with zero attached hydrogens (tertiary/aromatic N) is 2. The van der Waals surface area contributed by atoms with E-state index in [1.54, 1.807) is 6.92 Å². The lowest BCUT2D eigenvalue weighted by Crippen LogP contribution is -2.40. The molecule has 0 saturated heterocycles. The second-order valence-electron chi connectivity index (χ2n) is 5.75. The Labute approximate surface area is 156 Å². The van der Waals surface area contributed by atoms with E-state index in [0.29, 0.717) is 11.7 Å². The Morgan fingerprint density at radius 2 is 1.96 bits per heavy atom. The summed E-state index contributed by atoms with van der Waals surface area (Å²) in [4.78, 5) is 28.1. The molecule has 0 saturated carbocycles. The highest BCUT2D eigenvalue weighted by Gasteiger charge is 2.15. The molecule has 0 bridgehead atoms. The molecule has 0 unspecified atom stereocenters. The molecule has 0 spiro atoms. The van der Waals surface area contributed by atoms with Crippen LogP contribution in [0.1, 0.15) is 12.5 Å². The predicted octanol–water partition coefficient (Wildman–Crippen LogP) is 3.27. The highest BCUT2D eigenvalue weighted by atomic mass is 32.2. The number of nitrogens with one attached hydrogen (secondary N) is 2. The quantitative estimate of drug-likeness (QED) is 0.678. The van der Waals surface area contributed by atoms with Crippen LogP contribution in [0.5, 0.6) is 0 Å². The Bertz CT molecular complexity index is 952. The standard InChI is InChI=1S/C19H20N4O2S/c1-3-20-18(25)22-17(24)12-26-19-21-15-9-4-5-10-16(15)23(19)14-8-6-7-13(2)11-14/h4-11H,3,12H2,1-2H3,(H2,20,22,24,25). The highest BCUT2D eigenvalue weighted by molar-refractivity contribution is 7.99. The van der Waals surface area contributed by atoms with Crippen molar-refractivity contribution in [2.24, 2.45) is 0 Å². The van der Waals surface area contributed by atoms with E-state index >= 15 is 0 Å². The molecule has 26 heavy (non-hydrogen) atoms. The summed E-state index contributed by atoms with van der Waals surface area (Å²) in [6.45, 7) is 4.30. The van der Waals surface area contributed by atoms with Gasteiger partial charge in [-0.2, -0.15) is 0 Å². The van der Waals surface area contributed by atoms with Gasteiger partial charge < -0.3 is 5.32 Å². The maximum absolute atomic E-state index is 12.0. The van der Waals surface area contributed by atoms with Gasteiger partial charge in [0.1, 0.15) is 0 Å². The van der Waals surface area contributed by atoms with Gasteiger partial charge in [-0.05, 0) is 43.7 Å². The Morgan fingerprint density at radius 1 is 1.15 bits per heavy atom. The number of thioether (sulfide) groups is 1. The zero-order chi connectivity index (χ0) is 18.5. The summed E-state index contributed by atoms with van der Waals surface area (Å²) < 4.78 is 2.03. The average molecular weight is 368 g/mol. The van der Waals surface area contributed by atoms with E-state index in [0.717, 1.165) is 22.3 Å². The molecule has 2 N–H and O–H groups in total. The first-order valence-corrected chi connectivity index (χ1v) is 9.32. The Hall–Kier alpha value is -2.80. The van der Waals surface area contributed by atoms with Crippen molar-refractivity contribution in [3.8, 4) is 5.69 Å². The second kappa shape index (κ2) is 8.05. The Balaban J connectivity index is 1.87. The summed E-state index contributed by atoms with van der Waals surface area (Å²) in [5.74, 6) is -0.254. The van der Waals surface area contributed by atoms with Crippen LogP contribution in [0.25, 0.3) is 16.7 Å². The van der Waals surface area contributed by atoms with E-state index in [2.05, 4.69) is 21.7 Å². The largest absolute Gasteiger partial charge is 0.338 e. The van der Waals surface area contributed by atoms with E-state index in [4.69, 9.17) is 0 Å². The molecule has 3 rings (SSSR count). The van der Waals surface area contributed by atoms with Crippen LogP contribution in [-0.4, -0.2) is 33.8 Å². The van der Waals surface area contributed by atoms with Crippen LogP contribution in [0.15, 0.2) is 53.7 Å². The van der Waals surface area contributed by atoms with Crippen LogP contribution in [0.2, 0.25) is 0 Å². The molecule has 134 valence electrons. The van der Waals surface area contributed by atoms with E-state index in [9.17, 15) is 9.59 Å². The summed E-state index contributed by atoms with van der Waals surface area (Å²) in [7, 11) is 0. The zero-order valence-corrected chi connectivity index (χ0v) is 15.5. The van der Waals surface area contributed by atoms with Crippen LogP contribution in [0.4, 0.5) is 4.79 Å². The van der Waals surface area contributed by atoms with Gasteiger partial charge in [0.25, 0.3) is 0 Å². The number of carbonyl (C=O) groups excluding carboxylic acids is 2. The van der Waals surface area contributed by atoms with Crippen molar-refractivity contribution in [1.82, 2.24) is 20.2 Å². The third-order valence-electron chi connectivity index (χ3n) is 3.71. The first kappa shape index (κ1) is 18.0. The van der Waals surface area contributed by atoms with E-state index in [-0.39, 0.29) is 11.7 Å². The van der Waals surface area contributed by atoms with Crippen molar-refractivity contribution in [3.63, 3.8) is 0 Å². The number of amides is 3. The fraction of sp³-hybridized carbons (Fsp3) is 0.211. The molecule has 0 fully saturated rings. The molecule has 1 heterocycles. The number of imidazole rings is 1. The van der Waals surface area contributed by atoms with Crippen LogP contribution in [-0.2, 0) is 4.79 Å². The Kier molecular flexibility index (Phi) is 5.58. The first-order valence-electron chi connectivity index (χ1n) is 8.33. The molecule has 0 atom stereocenters. The minimum atomic E-state index is -0.481. The van der Waals surface area contributed by atoms with Crippen molar-refractivity contribution < 1.29 is 9.59 Å². The third-order valence-corrected chi connectivity index (χ3v) is 4.65. The maximum atomic E-state index is 12.0. The highest BCUT2D eigenvalue weighted by Crippen LogP contribution is 2.28. The predicted molar refractivity (Wildman–Crippen MR) is 104 cm³/mol. The number of benzene rings is 2. The monoisotopic (exact) mass is 368 g/mol. The van der Waals surface area contributed by atoms with Gasteiger partial charge in [0.15, 0.2) is 5.16 Å². The van der Waals surface area contributed by atoms with Crippen molar-refractivity contribution in [1.29, 1.82) is 0 Å². The second-order valence-corrected chi connectivity index (χ2v) is 6.70. The average Bonchev–Trinajstić information content (AvgIpc) is 2.98. The molecule has 3 amide bonds. The number of urea groups is 1. The van der Waals surface area contributed by atoms with E-state index in [1.807, 2.05) is 54.0 Å². The van der Waals surface area contributed by atoms with Gasteiger partial charge >= 0.3 is 6.03 Å². The van der Waals surface area contributed by atoms with Crippen LogP contribution < -0.4 is 10.6 Å². The smallest absolute Gasteiger partial charge is 0.321 e. The molecular formula is C19H20N4O2S. The number of carbonyl (C=O) groups is 2. The number of rotatable bonds is 5. The molecule has 6 nitrogen and oxygen atoms in total. The third kappa shape index (κ3) is 4.05. The molecule has 0 aliphatic heterocycles. The van der Waals surface area contributed by atoms with Crippen molar-refractivity contribution >= 4 is 34.7 Å². The van der Waals surface area contributed by atoms with Gasteiger partial charge in [0, 0.05) is 12.2 Å². The van der Waals surface area contributed by atoms with Gasteiger partial charge in [-0.3, -0.25) is 14.7 Å². The number of para-hydroxylation sites is 2. The fourth-order valence-corrected chi connectivity index (χ4v) is 3.44. The lowest BCUT2D eigenvalue weighted by Gasteiger charge is -2.10. The van der Waals surface area contributed by atoms with Gasteiger partial charge in [-0.1, -0.05) is 36.0 Å². The molecular weight excluding hydrogens is 348 g/mol. The van der Waals surface area contributed by atoms with Gasteiger partial charge in [0.05, 0.1) is 16.8 Å². The number of aryl methyl sites for hydroxylation is 1. The summed E-state index contributed by atoms with van der Waals surface area (Å²) in [5.41, 5.74) is 3.97. The fourth-order valence-electron chi connectivity index (χ4n) is 2.61. The van der Waals surface area contributed by atoms with Gasteiger partial charge in [-0.25, -0.2) is 9.78 Å². The molecule has 2 aromatic carbocycles. The SMILES string of the molecule is CCNC(=O)NC(=O)CSc1nc2ccccc2n1-c1cccc(C)c1. The number of imide groups is 1. The number of hydrogen-bond acceptors (Lipinski definition) is 4. The summed E-state index contributed by atoms with van der Waals surface area (Å²) in [6.07, 6.45) is 0. The summed E-state index contributed by atoms with van der Waals surface area (Å²) in [6, 6.07) is 15.5. The van der Waals surface area contributed by atoms with Crippen LogP contribution in [0.3, 0.4) is 0 Å². The molecule has 3 aromatic rings. The molecule has 1 aromatic heterocycles. The minimum Gasteiger partial charge on any atom is -0.338 e. The lowest BCUT2D eigenvalue weighted by molar-refractivity contribution is -0.117.